The molecule has 0 atom stereocenters. The van der Waals surface area contributed by atoms with Crippen molar-refractivity contribution >= 4 is 34.8 Å². The molecule has 0 bridgehead atoms. The Morgan fingerprint density at radius 2 is 1.44 bits per heavy atom. The Bertz CT molecular complexity index is 491. The van der Waals surface area contributed by atoms with Gasteiger partial charge in [0.2, 0.25) is 0 Å². The van der Waals surface area contributed by atoms with Gasteiger partial charge in [-0.05, 0) is 30.3 Å². The topological polar surface area (TPSA) is 9.23 Å². The lowest BCUT2D eigenvalue weighted by molar-refractivity contribution is 0.483. The molecule has 0 aliphatic heterocycles. The third-order valence-electron chi connectivity index (χ3n) is 1.93. The monoisotopic (exact) mass is 272 g/mol. The first-order chi connectivity index (χ1) is 7.66. The summed E-state index contributed by atoms with van der Waals surface area (Å²) in [5.41, 5.74) is 0. The van der Waals surface area contributed by atoms with Crippen LogP contribution < -0.4 is 4.74 Å². The summed E-state index contributed by atoms with van der Waals surface area (Å²) < 4.78 is 5.57. The first kappa shape index (κ1) is 11.6. The van der Waals surface area contributed by atoms with E-state index in [4.69, 9.17) is 39.5 Å². The third kappa shape index (κ3) is 2.62. The van der Waals surface area contributed by atoms with Gasteiger partial charge >= 0.3 is 0 Å². The van der Waals surface area contributed by atoms with Crippen molar-refractivity contribution in [1.29, 1.82) is 0 Å². The quantitative estimate of drug-likeness (QED) is 0.708. The number of para-hydroxylation sites is 1. The second-order valence-electron chi connectivity index (χ2n) is 3.11. The predicted molar refractivity (Wildman–Crippen MR) is 68.0 cm³/mol. The molecule has 4 heteroatoms. The molecular formula is C12H7Cl3O. The minimum Gasteiger partial charge on any atom is -0.454 e. The zero-order valence-electron chi connectivity index (χ0n) is 8.08. The molecule has 0 radical (unpaired) electrons. The maximum absolute atomic E-state index is 5.98. The molecule has 0 saturated heterocycles. The Balaban J connectivity index is 2.34. The van der Waals surface area contributed by atoms with Crippen molar-refractivity contribution in [2.45, 2.75) is 0 Å². The number of hydrogen-bond donors (Lipinski definition) is 0. The van der Waals surface area contributed by atoms with Crippen molar-refractivity contribution < 1.29 is 4.74 Å². The summed E-state index contributed by atoms with van der Waals surface area (Å²) in [4.78, 5) is 0. The van der Waals surface area contributed by atoms with Crippen LogP contribution in [0.4, 0.5) is 0 Å². The molecule has 82 valence electrons. The number of ether oxygens (including phenoxy) is 1. The zero-order valence-corrected chi connectivity index (χ0v) is 10.4. The highest BCUT2D eigenvalue weighted by atomic mass is 35.5. The van der Waals surface area contributed by atoms with Gasteiger partial charge in [0.05, 0.1) is 10.0 Å². The van der Waals surface area contributed by atoms with E-state index in [0.717, 1.165) is 0 Å². The molecule has 1 nitrogen and oxygen atoms in total. The van der Waals surface area contributed by atoms with Crippen LogP contribution in [-0.2, 0) is 0 Å². The van der Waals surface area contributed by atoms with Crippen LogP contribution in [0.5, 0.6) is 11.5 Å². The van der Waals surface area contributed by atoms with E-state index < -0.39 is 0 Å². The van der Waals surface area contributed by atoms with Gasteiger partial charge in [-0.3, -0.25) is 0 Å². The highest BCUT2D eigenvalue weighted by Crippen LogP contribution is 2.36. The first-order valence-corrected chi connectivity index (χ1v) is 5.67. The van der Waals surface area contributed by atoms with Crippen LogP contribution in [0.15, 0.2) is 42.5 Å². The molecule has 2 aromatic rings. The highest BCUT2D eigenvalue weighted by Gasteiger charge is 2.07. The van der Waals surface area contributed by atoms with E-state index in [2.05, 4.69) is 0 Å². The fraction of sp³-hybridized carbons (Fsp3) is 0. The predicted octanol–water partition coefficient (Wildman–Crippen LogP) is 5.44. The third-order valence-corrected chi connectivity index (χ3v) is 2.77. The van der Waals surface area contributed by atoms with Gasteiger partial charge < -0.3 is 4.74 Å². The standard InChI is InChI=1S/C12H7Cl3O/c13-8-3-1-4-9(7-8)16-12-10(14)5-2-6-11(12)15/h1-7H. The van der Waals surface area contributed by atoms with Crippen molar-refractivity contribution in [3.8, 4) is 11.5 Å². The van der Waals surface area contributed by atoms with Gasteiger partial charge in [-0.1, -0.05) is 46.9 Å². The van der Waals surface area contributed by atoms with Crippen LogP contribution >= 0.6 is 34.8 Å². The Morgan fingerprint density at radius 3 is 2.06 bits per heavy atom. The fourth-order valence-electron chi connectivity index (χ4n) is 1.23. The zero-order chi connectivity index (χ0) is 11.5. The highest BCUT2D eigenvalue weighted by molar-refractivity contribution is 6.37. The van der Waals surface area contributed by atoms with Crippen molar-refractivity contribution in [2.24, 2.45) is 0 Å². The molecule has 0 N–H and O–H groups in total. The number of halogens is 3. The summed E-state index contributed by atoms with van der Waals surface area (Å²) in [6.45, 7) is 0. The molecule has 0 amide bonds. The smallest absolute Gasteiger partial charge is 0.164 e. The Morgan fingerprint density at radius 1 is 0.812 bits per heavy atom. The van der Waals surface area contributed by atoms with E-state index in [9.17, 15) is 0 Å². The average Bonchev–Trinajstić information content (AvgIpc) is 2.24. The van der Waals surface area contributed by atoms with Crippen LogP contribution in [-0.4, -0.2) is 0 Å². The van der Waals surface area contributed by atoms with Crippen LogP contribution in [0.2, 0.25) is 15.1 Å². The SMILES string of the molecule is Clc1cccc(Oc2c(Cl)cccc2Cl)c1. The van der Waals surface area contributed by atoms with Crippen molar-refractivity contribution in [1.82, 2.24) is 0 Å². The summed E-state index contributed by atoms with van der Waals surface area (Å²) in [5.74, 6) is 1.04. The molecule has 0 fully saturated rings. The maximum atomic E-state index is 5.98. The van der Waals surface area contributed by atoms with Crippen LogP contribution in [0.1, 0.15) is 0 Å². The van der Waals surface area contributed by atoms with Gasteiger partial charge in [-0.2, -0.15) is 0 Å². The normalized spacial score (nSPS) is 10.2. The molecule has 16 heavy (non-hydrogen) atoms. The van der Waals surface area contributed by atoms with Gasteiger partial charge in [-0.15, -0.1) is 0 Å². The minimum atomic E-state index is 0.438. The Labute approximate surface area is 109 Å². The van der Waals surface area contributed by atoms with E-state index >= 15 is 0 Å². The van der Waals surface area contributed by atoms with Crippen molar-refractivity contribution in [3.63, 3.8) is 0 Å². The van der Waals surface area contributed by atoms with E-state index in [0.29, 0.717) is 26.6 Å². The molecule has 2 aromatic carbocycles. The molecule has 0 unspecified atom stereocenters. The van der Waals surface area contributed by atoms with Gasteiger partial charge in [0, 0.05) is 5.02 Å². The second-order valence-corrected chi connectivity index (χ2v) is 4.36. The molecule has 0 aliphatic carbocycles. The van der Waals surface area contributed by atoms with Gasteiger partial charge in [-0.25, -0.2) is 0 Å². The molecule has 0 aliphatic rings. The molecular weight excluding hydrogens is 266 g/mol. The lowest BCUT2D eigenvalue weighted by atomic mass is 10.3. The van der Waals surface area contributed by atoms with E-state index in [1.807, 2.05) is 0 Å². The summed E-state index contributed by atoms with van der Waals surface area (Å²) in [6.07, 6.45) is 0. The van der Waals surface area contributed by atoms with Crippen molar-refractivity contribution in [3.05, 3.63) is 57.5 Å². The fourth-order valence-corrected chi connectivity index (χ4v) is 1.88. The first-order valence-electron chi connectivity index (χ1n) is 4.54. The van der Waals surface area contributed by atoms with E-state index in [-0.39, 0.29) is 0 Å². The lowest BCUT2D eigenvalue weighted by Gasteiger charge is -2.09. The largest absolute Gasteiger partial charge is 0.454 e. The number of rotatable bonds is 2. The number of benzene rings is 2. The Kier molecular flexibility index (Phi) is 3.59. The second kappa shape index (κ2) is 4.96. The molecule has 2 rings (SSSR count). The minimum absolute atomic E-state index is 0.438. The summed E-state index contributed by atoms with van der Waals surface area (Å²) >= 11 is 17.8. The molecule has 0 saturated carbocycles. The lowest BCUT2D eigenvalue weighted by Crippen LogP contribution is -1.86. The summed E-state index contributed by atoms with van der Waals surface area (Å²) in [5, 5.41) is 1.53. The van der Waals surface area contributed by atoms with Crippen molar-refractivity contribution in [2.75, 3.05) is 0 Å². The Hall–Kier alpha value is -0.890. The molecule has 0 heterocycles. The van der Waals surface area contributed by atoms with Crippen LogP contribution in [0.25, 0.3) is 0 Å². The van der Waals surface area contributed by atoms with E-state index in [1.165, 1.54) is 0 Å². The van der Waals surface area contributed by atoms with Gasteiger partial charge in [0.25, 0.3) is 0 Å². The van der Waals surface area contributed by atoms with Crippen LogP contribution in [0, 0.1) is 0 Å². The molecule has 0 aromatic heterocycles. The number of hydrogen-bond acceptors (Lipinski definition) is 1. The molecule has 0 spiro atoms. The summed E-state index contributed by atoms with van der Waals surface area (Å²) in [7, 11) is 0. The van der Waals surface area contributed by atoms with E-state index in [1.54, 1.807) is 42.5 Å². The summed E-state index contributed by atoms with van der Waals surface area (Å²) in [6, 6.07) is 12.2. The van der Waals surface area contributed by atoms with Gasteiger partial charge in [0.1, 0.15) is 5.75 Å². The van der Waals surface area contributed by atoms with Crippen LogP contribution in [0.3, 0.4) is 0 Å². The maximum Gasteiger partial charge on any atom is 0.164 e. The van der Waals surface area contributed by atoms with Gasteiger partial charge in [0.15, 0.2) is 5.75 Å². The average molecular weight is 274 g/mol.